The summed E-state index contributed by atoms with van der Waals surface area (Å²) in [7, 11) is 0. The van der Waals surface area contributed by atoms with Crippen molar-refractivity contribution >= 4 is 12.0 Å². The smallest absolute Gasteiger partial charge is 0.407 e. The molecule has 116 valence electrons. The highest BCUT2D eigenvalue weighted by atomic mass is 16.6. The van der Waals surface area contributed by atoms with Crippen molar-refractivity contribution in [3.8, 4) is 0 Å². The Hall–Kier alpha value is -1.92. The minimum atomic E-state index is -0.470. The van der Waals surface area contributed by atoms with Gasteiger partial charge >= 0.3 is 6.09 Å². The Labute approximate surface area is 124 Å². The normalized spacial score (nSPS) is 21.9. The van der Waals surface area contributed by atoms with Gasteiger partial charge in [-0.25, -0.2) is 9.78 Å². The lowest BCUT2D eigenvalue weighted by Gasteiger charge is -2.21. The van der Waals surface area contributed by atoms with Crippen LogP contribution in [0, 0.1) is 6.92 Å². The highest BCUT2D eigenvalue weighted by Crippen LogP contribution is 2.22. The molecular weight excluding hydrogens is 270 g/mol. The molecular formula is C14H23N5O2. The molecule has 0 spiro atoms. The van der Waals surface area contributed by atoms with E-state index in [-0.39, 0.29) is 18.2 Å². The minimum Gasteiger partial charge on any atom is -0.444 e. The van der Waals surface area contributed by atoms with Gasteiger partial charge in [0.2, 0.25) is 5.95 Å². The van der Waals surface area contributed by atoms with Crippen LogP contribution in [0.5, 0.6) is 0 Å². The summed E-state index contributed by atoms with van der Waals surface area (Å²) >= 11 is 0. The van der Waals surface area contributed by atoms with Crippen LogP contribution in [0.15, 0.2) is 6.20 Å². The second-order valence-corrected chi connectivity index (χ2v) is 6.42. The standard InChI is InChI=1S/C14H23N5O2/c1-9-8-15-12(19-18-9)16-10-5-6-11(7-10)17-13(20)21-14(2,3)4/h8,10-11H,5-7H2,1-4H3,(H,17,20)(H,15,16,19)/t10-,11?/m0/s1. The molecule has 1 fully saturated rings. The summed E-state index contributed by atoms with van der Waals surface area (Å²) in [5.74, 6) is 0.531. The maximum absolute atomic E-state index is 11.7. The summed E-state index contributed by atoms with van der Waals surface area (Å²) < 4.78 is 5.26. The molecule has 2 N–H and O–H groups in total. The Morgan fingerprint density at radius 3 is 2.62 bits per heavy atom. The first-order valence-corrected chi connectivity index (χ1v) is 7.24. The van der Waals surface area contributed by atoms with E-state index in [0.29, 0.717) is 5.95 Å². The molecule has 1 amide bonds. The third-order valence-corrected chi connectivity index (χ3v) is 3.16. The number of rotatable bonds is 3. The van der Waals surface area contributed by atoms with Crippen molar-refractivity contribution in [1.82, 2.24) is 20.5 Å². The van der Waals surface area contributed by atoms with E-state index in [2.05, 4.69) is 25.8 Å². The highest BCUT2D eigenvalue weighted by molar-refractivity contribution is 5.68. The zero-order valence-electron chi connectivity index (χ0n) is 13.0. The molecule has 0 aliphatic heterocycles. The molecule has 0 radical (unpaired) electrons. The molecule has 0 bridgehead atoms. The molecule has 21 heavy (non-hydrogen) atoms. The number of aromatic nitrogens is 3. The first-order valence-electron chi connectivity index (χ1n) is 7.24. The molecule has 1 unspecified atom stereocenters. The van der Waals surface area contributed by atoms with E-state index in [1.807, 2.05) is 27.7 Å². The first-order chi connectivity index (χ1) is 9.82. The summed E-state index contributed by atoms with van der Waals surface area (Å²) in [5.41, 5.74) is 0.318. The van der Waals surface area contributed by atoms with Crippen LogP contribution < -0.4 is 10.6 Å². The fourth-order valence-corrected chi connectivity index (χ4v) is 2.30. The van der Waals surface area contributed by atoms with E-state index >= 15 is 0 Å². The van der Waals surface area contributed by atoms with Crippen LogP contribution in [0.4, 0.5) is 10.7 Å². The highest BCUT2D eigenvalue weighted by Gasteiger charge is 2.28. The second kappa shape index (κ2) is 6.24. The number of aryl methyl sites for hydroxylation is 1. The maximum atomic E-state index is 11.7. The Bertz CT molecular complexity index is 483. The van der Waals surface area contributed by atoms with Gasteiger partial charge in [-0.05, 0) is 47.0 Å². The molecule has 2 atom stereocenters. The quantitative estimate of drug-likeness (QED) is 0.886. The molecule has 1 aliphatic carbocycles. The van der Waals surface area contributed by atoms with Crippen molar-refractivity contribution in [3.63, 3.8) is 0 Å². The molecule has 1 aromatic heterocycles. The van der Waals surface area contributed by atoms with Crippen LogP contribution in [0.3, 0.4) is 0 Å². The number of carbonyl (C=O) groups is 1. The Morgan fingerprint density at radius 1 is 1.29 bits per heavy atom. The van der Waals surface area contributed by atoms with Crippen molar-refractivity contribution in [1.29, 1.82) is 0 Å². The number of amides is 1. The Kier molecular flexibility index (Phi) is 4.59. The van der Waals surface area contributed by atoms with Gasteiger partial charge in [-0.2, -0.15) is 5.10 Å². The van der Waals surface area contributed by atoms with Crippen molar-refractivity contribution in [3.05, 3.63) is 11.9 Å². The minimum absolute atomic E-state index is 0.121. The lowest BCUT2D eigenvalue weighted by Crippen LogP contribution is -2.38. The zero-order valence-corrected chi connectivity index (χ0v) is 13.0. The van der Waals surface area contributed by atoms with E-state index in [1.54, 1.807) is 6.20 Å². The van der Waals surface area contributed by atoms with E-state index in [4.69, 9.17) is 4.74 Å². The van der Waals surface area contributed by atoms with Gasteiger partial charge < -0.3 is 15.4 Å². The van der Waals surface area contributed by atoms with Gasteiger partial charge in [0.25, 0.3) is 0 Å². The fourth-order valence-electron chi connectivity index (χ4n) is 2.30. The molecule has 0 aromatic carbocycles. The summed E-state index contributed by atoms with van der Waals surface area (Å²) in [6, 6.07) is 0.366. The van der Waals surface area contributed by atoms with Crippen LogP contribution in [-0.4, -0.2) is 39.0 Å². The summed E-state index contributed by atoms with van der Waals surface area (Å²) in [5, 5.41) is 14.1. The maximum Gasteiger partial charge on any atom is 0.407 e. The van der Waals surface area contributed by atoms with Gasteiger partial charge in [0, 0.05) is 12.1 Å². The lowest BCUT2D eigenvalue weighted by atomic mass is 10.2. The summed E-state index contributed by atoms with van der Waals surface area (Å²) in [4.78, 5) is 15.9. The van der Waals surface area contributed by atoms with E-state index in [9.17, 15) is 4.79 Å². The zero-order chi connectivity index (χ0) is 15.5. The number of ether oxygens (including phenoxy) is 1. The summed E-state index contributed by atoms with van der Waals surface area (Å²) in [6.45, 7) is 7.41. The average Bonchev–Trinajstić information content (AvgIpc) is 2.77. The monoisotopic (exact) mass is 293 g/mol. The van der Waals surface area contributed by atoms with Gasteiger partial charge in [0.1, 0.15) is 5.60 Å². The lowest BCUT2D eigenvalue weighted by molar-refractivity contribution is 0.0505. The van der Waals surface area contributed by atoms with Gasteiger partial charge in [-0.15, -0.1) is 5.10 Å². The molecule has 0 saturated heterocycles. The average molecular weight is 293 g/mol. The number of nitrogens with one attached hydrogen (secondary N) is 2. The third kappa shape index (κ3) is 5.17. The molecule has 1 aliphatic rings. The number of carbonyl (C=O) groups excluding carboxylic acids is 1. The van der Waals surface area contributed by atoms with Crippen molar-refractivity contribution in [2.24, 2.45) is 0 Å². The third-order valence-electron chi connectivity index (χ3n) is 3.16. The van der Waals surface area contributed by atoms with Crippen LogP contribution in [0.25, 0.3) is 0 Å². The van der Waals surface area contributed by atoms with Gasteiger partial charge in [-0.3, -0.25) is 0 Å². The largest absolute Gasteiger partial charge is 0.444 e. The van der Waals surface area contributed by atoms with Crippen LogP contribution >= 0.6 is 0 Å². The van der Waals surface area contributed by atoms with E-state index < -0.39 is 5.60 Å². The van der Waals surface area contributed by atoms with Crippen molar-refractivity contribution in [2.45, 2.75) is 64.6 Å². The molecule has 1 heterocycles. The first kappa shape index (κ1) is 15.5. The Balaban J connectivity index is 1.78. The Morgan fingerprint density at radius 2 is 2.00 bits per heavy atom. The number of hydrogen-bond acceptors (Lipinski definition) is 6. The second-order valence-electron chi connectivity index (χ2n) is 6.42. The van der Waals surface area contributed by atoms with Crippen LogP contribution in [0.2, 0.25) is 0 Å². The van der Waals surface area contributed by atoms with E-state index in [0.717, 1.165) is 25.0 Å². The summed E-state index contributed by atoms with van der Waals surface area (Å²) in [6.07, 6.45) is 4.02. The molecule has 2 rings (SSSR count). The predicted molar refractivity (Wildman–Crippen MR) is 79.0 cm³/mol. The number of nitrogens with zero attached hydrogens (tertiary/aromatic N) is 3. The molecule has 1 saturated carbocycles. The fraction of sp³-hybridized carbons (Fsp3) is 0.714. The van der Waals surface area contributed by atoms with Crippen LogP contribution in [-0.2, 0) is 4.74 Å². The van der Waals surface area contributed by atoms with Crippen molar-refractivity contribution < 1.29 is 9.53 Å². The van der Waals surface area contributed by atoms with E-state index in [1.165, 1.54) is 0 Å². The topological polar surface area (TPSA) is 89.0 Å². The number of alkyl carbamates (subject to hydrolysis) is 1. The molecule has 1 aromatic rings. The molecule has 7 nitrogen and oxygen atoms in total. The number of hydrogen-bond donors (Lipinski definition) is 2. The van der Waals surface area contributed by atoms with Gasteiger partial charge in [0.15, 0.2) is 0 Å². The van der Waals surface area contributed by atoms with Gasteiger partial charge in [-0.1, -0.05) is 0 Å². The number of anilines is 1. The van der Waals surface area contributed by atoms with Crippen LogP contribution in [0.1, 0.15) is 45.7 Å². The SMILES string of the molecule is Cc1cnc(N[C@H]2CCC(NC(=O)OC(C)(C)C)C2)nn1. The predicted octanol–water partition coefficient (Wildman–Crippen LogP) is 2.04. The van der Waals surface area contributed by atoms with Crippen molar-refractivity contribution in [2.75, 3.05) is 5.32 Å². The molecule has 7 heteroatoms. The van der Waals surface area contributed by atoms with Gasteiger partial charge in [0.05, 0.1) is 11.9 Å².